The molecule has 1 aliphatic rings. The molecule has 0 aliphatic carbocycles. The number of carbonyl (C=O) groups is 3. The standard InChI is InChI=1S/C33H28N4O6S2.C2H4O2/c1-5-42-32(40)28-19(2)34-33-37(30(28)21-13-14-24(43-20(3)38)25(16-21)41-4)31(39)27(45-33)17-22-18-36(23-10-7-6-8-11-23)35-29(22)26-12-9-15-44-26;1-2(3)4/h6-18,30H,5H2,1-4H3;1H3,(H,3,4)/b27-17+;. The largest absolute Gasteiger partial charge is 0.493 e. The van der Waals surface area contributed by atoms with Crippen LogP contribution in [0.25, 0.3) is 22.3 Å². The Labute approximate surface area is 288 Å². The molecule has 0 radical (unpaired) electrons. The fraction of sp³-hybridized carbons (Fsp3) is 0.200. The van der Waals surface area contributed by atoms with Gasteiger partial charge in [-0.3, -0.25) is 19.0 Å². The van der Waals surface area contributed by atoms with Crippen LogP contribution in [-0.2, 0) is 19.1 Å². The SMILES string of the molecule is CC(=O)O.CCOC(=O)C1=C(C)N=c2s/c(=C/c3cn(-c4ccccc4)nc3-c3cccs3)c(=O)n2C1c1ccc(OC(C)=O)c(OC)c1. The van der Waals surface area contributed by atoms with Crippen molar-refractivity contribution in [3.8, 4) is 27.8 Å². The predicted molar refractivity (Wildman–Crippen MR) is 185 cm³/mol. The molecule has 12 nitrogen and oxygen atoms in total. The van der Waals surface area contributed by atoms with E-state index in [0.717, 1.165) is 28.7 Å². The van der Waals surface area contributed by atoms with Gasteiger partial charge in [0.05, 0.1) is 46.1 Å². The summed E-state index contributed by atoms with van der Waals surface area (Å²) in [5.41, 5.74) is 3.29. The van der Waals surface area contributed by atoms with Crippen molar-refractivity contribution in [2.45, 2.75) is 33.7 Å². The number of methoxy groups -OCH3 is 1. The van der Waals surface area contributed by atoms with Crippen LogP contribution in [0.5, 0.6) is 11.5 Å². The molecule has 1 N–H and O–H groups in total. The molecule has 0 amide bonds. The third-order valence-electron chi connectivity index (χ3n) is 7.08. The first-order chi connectivity index (χ1) is 23.5. The normalized spacial score (nSPS) is 13.9. The molecule has 5 aromatic rings. The van der Waals surface area contributed by atoms with Crippen LogP contribution in [0.1, 0.15) is 44.9 Å². The molecule has 4 heterocycles. The Morgan fingerprint density at radius 2 is 1.78 bits per heavy atom. The van der Waals surface area contributed by atoms with E-state index in [1.54, 1.807) is 48.1 Å². The number of aromatic nitrogens is 3. The van der Waals surface area contributed by atoms with Gasteiger partial charge in [0.25, 0.3) is 11.5 Å². The van der Waals surface area contributed by atoms with Crippen LogP contribution in [-0.4, -0.2) is 51.1 Å². The van der Waals surface area contributed by atoms with Crippen molar-refractivity contribution in [2.75, 3.05) is 13.7 Å². The molecule has 1 aliphatic heterocycles. The maximum Gasteiger partial charge on any atom is 0.338 e. The van der Waals surface area contributed by atoms with Crippen molar-refractivity contribution < 1.29 is 33.7 Å². The third-order valence-corrected chi connectivity index (χ3v) is 8.94. The van der Waals surface area contributed by atoms with Gasteiger partial charge in [-0.05, 0) is 61.2 Å². The van der Waals surface area contributed by atoms with Crippen molar-refractivity contribution in [2.24, 2.45) is 4.99 Å². The zero-order valence-electron chi connectivity index (χ0n) is 27.2. The minimum Gasteiger partial charge on any atom is -0.493 e. The van der Waals surface area contributed by atoms with Crippen LogP contribution in [0.4, 0.5) is 0 Å². The number of carbonyl (C=O) groups excluding carboxylic acids is 2. The van der Waals surface area contributed by atoms with E-state index in [0.29, 0.717) is 20.6 Å². The number of carboxylic acid groups (broad SMARTS) is 1. The van der Waals surface area contributed by atoms with Crippen LogP contribution in [0, 0.1) is 0 Å². The van der Waals surface area contributed by atoms with Gasteiger partial charge < -0.3 is 19.3 Å². The van der Waals surface area contributed by atoms with E-state index in [2.05, 4.69) is 4.99 Å². The van der Waals surface area contributed by atoms with Crippen molar-refractivity contribution >= 4 is 46.7 Å². The molecule has 0 bridgehead atoms. The predicted octanol–water partition coefficient (Wildman–Crippen LogP) is 4.74. The lowest BCUT2D eigenvalue weighted by molar-refractivity contribution is -0.139. The molecule has 3 aromatic heterocycles. The Kier molecular flexibility index (Phi) is 10.7. The van der Waals surface area contributed by atoms with Crippen LogP contribution in [0.2, 0.25) is 0 Å². The highest BCUT2D eigenvalue weighted by Gasteiger charge is 2.34. The molecule has 252 valence electrons. The number of aliphatic carboxylic acids is 1. The molecule has 14 heteroatoms. The highest BCUT2D eigenvalue weighted by atomic mass is 32.1. The number of carboxylic acids is 1. The molecular weight excluding hydrogens is 669 g/mol. The molecule has 0 saturated heterocycles. The lowest BCUT2D eigenvalue weighted by atomic mass is 9.95. The van der Waals surface area contributed by atoms with E-state index < -0.39 is 23.9 Å². The van der Waals surface area contributed by atoms with Gasteiger partial charge in [0, 0.05) is 25.6 Å². The summed E-state index contributed by atoms with van der Waals surface area (Å²) < 4.78 is 19.9. The number of nitrogens with zero attached hydrogens (tertiary/aromatic N) is 4. The number of esters is 2. The Morgan fingerprint density at radius 1 is 1.04 bits per heavy atom. The first kappa shape index (κ1) is 34.7. The number of benzene rings is 2. The molecular formula is C35H32N4O8S2. The molecule has 0 spiro atoms. The second-order valence-corrected chi connectivity index (χ2v) is 12.5. The summed E-state index contributed by atoms with van der Waals surface area (Å²) in [6.07, 6.45) is 3.71. The van der Waals surface area contributed by atoms with Gasteiger partial charge in [0.2, 0.25) is 0 Å². The number of hydrogen-bond donors (Lipinski definition) is 1. The molecule has 2 aromatic carbocycles. The van der Waals surface area contributed by atoms with Gasteiger partial charge >= 0.3 is 11.9 Å². The van der Waals surface area contributed by atoms with Gasteiger partial charge in [-0.15, -0.1) is 11.3 Å². The van der Waals surface area contributed by atoms with Crippen LogP contribution in [0.15, 0.2) is 93.3 Å². The van der Waals surface area contributed by atoms with Crippen molar-refractivity contribution in [1.82, 2.24) is 14.3 Å². The van der Waals surface area contributed by atoms with E-state index >= 15 is 0 Å². The van der Waals surface area contributed by atoms with E-state index in [-0.39, 0.29) is 29.2 Å². The fourth-order valence-corrected chi connectivity index (χ4v) is 6.92. The fourth-order valence-electron chi connectivity index (χ4n) is 5.15. The number of hydrogen-bond acceptors (Lipinski definition) is 11. The summed E-state index contributed by atoms with van der Waals surface area (Å²) in [6.45, 7) is 5.97. The average molecular weight is 701 g/mol. The number of rotatable bonds is 8. The van der Waals surface area contributed by atoms with Crippen LogP contribution >= 0.6 is 22.7 Å². The van der Waals surface area contributed by atoms with E-state index in [1.807, 2.05) is 60.1 Å². The molecule has 0 saturated carbocycles. The maximum absolute atomic E-state index is 14.3. The summed E-state index contributed by atoms with van der Waals surface area (Å²) in [4.78, 5) is 54.3. The number of thiophene rings is 1. The highest BCUT2D eigenvalue weighted by Crippen LogP contribution is 2.36. The summed E-state index contributed by atoms with van der Waals surface area (Å²) in [7, 11) is 1.45. The maximum atomic E-state index is 14.3. The zero-order chi connectivity index (χ0) is 35.2. The molecule has 1 atom stereocenters. The van der Waals surface area contributed by atoms with Gasteiger partial charge in [-0.2, -0.15) is 5.10 Å². The van der Waals surface area contributed by atoms with Gasteiger partial charge in [0.1, 0.15) is 5.69 Å². The Morgan fingerprint density at radius 3 is 2.41 bits per heavy atom. The van der Waals surface area contributed by atoms with E-state index in [4.69, 9.17) is 29.2 Å². The van der Waals surface area contributed by atoms with E-state index in [9.17, 15) is 14.4 Å². The van der Waals surface area contributed by atoms with Gasteiger partial charge in [-0.25, -0.2) is 14.5 Å². The molecule has 1 unspecified atom stereocenters. The monoisotopic (exact) mass is 700 g/mol. The minimum atomic E-state index is -0.869. The van der Waals surface area contributed by atoms with Crippen LogP contribution in [0.3, 0.4) is 0 Å². The highest BCUT2D eigenvalue weighted by molar-refractivity contribution is 7.13. The number of allylic oxidation sites excluding steroid dienone is 1. The topological polar surface area (TPSA) is 151 Å². The third kappa shape index (κ3) is 7.60. The number of para-hydroxylation sites is 1. The minimum absolute atomic E-state index is 0.151. The van der Waals surface area contributed by atoms with Crippen LogP contribution < -0.4 is 24.4 Å². The summed E-state index contributed by atoms with van der Waals surface area (Å²) in [6, 6.07) is 17.7. The molecule has 49 heavy (non-hydrogen) atoms. The van der Waals surface area contributed by atoms with E-state index in [1.165, 1.54) is 29.9 Å². The second kappa shape index (κ2) is 15.1. The Balaban J connectivity index is 0.00000111. The first-order valence-electron chi connectivity index (χ1n) is 15.0. The molecule has 0 fully saturated rings. The average Bonchev–Trinajstić information content (AvgIpc) is 3.81. The summed E-state index contributed by atoms with van der Waals surface area (Å²) in [5.74, 6) is -1.42. The first-order valence-corrected chi connectivity index (χ1v) is 16.7. The second-order valence-electron chi connectivity index (χ2n) is 10.5. The van der Waals surface area contributed by atoms with Crippen molar-refractivity contribution in [1.29, 1.82) is 0 Å². The lowest BCUT2D eigenvalue weighted by Crippen LogP contribution is -2.40. The van der Waals surface area contributed by atoms with Crippen molar-refractivity contribution in [3.05, 3.63) is 114 Å². The zero-order valence-corrected chi connectivity index (χ0v) is 28.8. The number of thiazole rings is 1. The number of fused-ring (bicyclic) bond motifs is 1. The Hall–Kier alpha value is -5.60. The summed E-state index contributed by atoms with van der Waals surface area (Å²) >= 11 is 2.79. The van der Waals surface area contributed by atoms with Crippen molar-refractivity contribution in [3.63, 3.8) is 0 Å². The molecule has 6 rings (SSSR count). The van der Waals surface area contributed by atoms with Gasteiger partial charge in [-0.1, -0.05) is 41.7 Å². The van der Waals surface area contributed by atoms with Gasteiger partial charge in [0.15, 0.2) is 16.3 Å². The summed E-state index contributed by atoms with van der Waals surface area (Å²) in [5, 5.41) is 14.3. The lowest BCUT2D eigenvalue weighted by Gasteiger charge is -2.25. The number of ether oxygens (including phenoxy) is 3. The Bertz CT molecular complexity index is 2230. The quantitative estimate of drug-likeness (QED) is 0.179. The smallest absolute Gasteiger partial charge is 0.338 e.